The Morgan fingerprint density at radius 3 is 1.62 bits per heavy atom. The summed E-state index contributed by atoms with van der Waals surface area (Å²) in [4.78, 5) is 45.9. The van der Waals surface area contributed by atoms with Gasteiger partial charge in [0.05, 0.1) is 84.9 Å². The maximum absolute atomic E-state index is 12.6. The Bertz CT molecular complexity index is 2720. The fourth-order valence-electron chi connectivity index (χ4n) is 8.13. The second-order valence-electron chi connectivity index (χ2n) is 20.2. The van der Waals surface area contributed by atoms with E-state index in [0.717, 1.165) is 58.7 Å². The molecule has 2 amide bonds. The first kappa shape index (κ1) is 56.0. The number of ether oxygens (including phenoxy) is 4. The molecule has 2 saturated heterocycles. The van der Waals surface area contributed by atoms with E-state index >= 15 is 0 Å². The fourth-order valence-corrected chi connectivity index (χ4v) is 8.28. The molecule has 0 spiro atoms. The third-order valence-electron chi connectivity index (χ3n) is 11.8. The molecule has 392 valence electrons. The summed E-state index contributed by atoms with van der Waals surface area (Å²) in [5, 5.41) is 11.7. The van der Waals surface area contributed by atoms with Gasteiger partial charge >= 0.3 is 0 Å². The number of rotatable bonds is 18. The van der Waals surface area contributed by atoms with Crippen LogP contribution in [0.1, 0.15) is 76.6 Å². The lowest BCUT2D eigenvalue weighted by Crippen LogP contribution is -2.56. The highest BCUT2D eigenvalue weighted by Gasteiger charge is 2.35. The van der Waals surface area contributed by atoms with Crippen LogP contribution in [0, 0.1) is 13.8 Å². The van der Waals surface area contributed by atoms with Gasteiger partial charge in [-0.2, -0.15) is 10.2 Å². The Morgan fingerprint density at radius 2 is 1.16 bits per heavy atom. The number of nitrogens with two attached hydrogens (primary N) is 1. The van der Waals surface area contributed by atoms with E-state index in [-0.39, 0.29) is 40.5 Å². The highest BCUT2D eigenvalue weighted by atomic mass is 35.5. The van der Waals surface area contributed by atoms with Crippen molar-refractivity contribution in [1.82, 2.24) is 49.3 Å². The van der Waals surface area contributed by atoms with Crippen molar-refractivity contribution in [2.75, 3.05) is 64.7 Å². The predicted molar refractivity (Wildman–Crippen MR) is 284 cm³/mol. The normalized spacial score (nSPS) is 13.8. The third kappa shape index (κ3) is 18.0. The number of amides is 2. The zero-order valence-electron chi connectivity index (χ0n) is 44.1. The lowest BCUT2D eigenvalue weighted by Gasteiger charge is -2.42. The molecule has 2 fully saturated rings. The van der Waals surface area contributed by atoms with Crippen molar-refractivity contribution in [2.24, 2.45) is 0 Å². The molecule has 0 saturated carbocycles. The molecule has 0 radical (unpaired) electrons. The molecule has 19 heteroatoms. The number of nitrogens with zero attached hydrogens (tertiary/aromatic N) is 10. The monoisotopic (exact) mass is 1020 g/mol. The van der Waals surface area contributed by atoms with Gasteiger partial charge in [0.15, 0.2) is 0 Å². The molecule has 73 heavy (non-hydrogen) atoms. The van der Waals surface area contributed by atoms with Crippen LogP contribution in [0.5, 0.6) is 0 Å². The van der Waals surface area contributed by atoms with Crippen molar-refractivity contribution in [3.8, 4) is 22.5 Å². The molecule has 2 aromatic carbocycles. The molecule has 4 aromatic heterocycles. The van der Waals surface area contributed by atoms with Crippen LogP contribution >= 0.6 is 11.6 Å². The molecular formula is C54H73ClN12O6. The van der Waals surface area contributed by atoms with Crippen molar-refractivity contribution in [3.63, 3.8) is 0 Å². The number of nitrogen functional groups attached to an aromatic ring is 1. The third-order valence-corrected chi connectivity index (χ3v) is 12.0. The average molecular weight is 1020 g/mol. The van der Waals surface area contributed by atoms with E-state index < -0.39 is 0 Å². The van der Waals surface area contributed by atoms with Crippen LogP contribution in [0.2, 0.25) is 5.28 Å². The van der Waals surface area contributed by atoms with Gasteiger partial charge < -0.3 is 39.8 Å². The van der Waals surface area contributed by atoms with Crippen LogP contribution in [0.4, 0.5) is 17.3 Å². The molecule has 0 unspecified atom stereocenters. The van der Waals surface area contributed by atoms with E-state index in [1.165, 1.54) is 11.1 Å². The van der Waals surface area contributed by atoms with Gasteiger partial charge in [-0.05, 0) is 126 Å². The van der Waals surface area contributed by atoms with E-state index in [0.29, 0.717) is 70.4 Å². The van der Waals surface area contributed by atoms with Crippen LogP contribution in [-0.4, -0.2) is 138 Å². The van der Waals surface area contributed by atoms with E-state index in [2.05, 4.69) is 79.6 Å². The number of halogens is 1. The van der Waals surface area contributed by atoms with Crippen LogP contribution < -0.4 is 11.1 Å². The summed E-state index contributed by atoms with van der Waals surface area (Å²) in [5.41, 5.74) is 14.9. The summed E-state index contributed by atoms with van der Waals surface area (Å²) in [6.45, 7) is 21.9. The SMILES string of the molecule is COCCn1cc(N)cn1.COCCn1cc(Nc2nccc(-c3ccc(CCC(=O)N4CC(OC(C)(C)C)C4)c(C)c3)n2)cn1.Cc1cc(-c2ccnc(Cl)n2)ccc1CCC(=O)N1CC(OC(C)(C)C)C1. The number of carbonyl (C=O) groups is 2. The number of hydrogen-bond donors (Lipinski definition) is 2. The Labute approximate surface area is 435 Å². The first-order chi connectivity index (χ1) is 34.7. The molecule has 18 nitrogen and oxygen atoms in total. The maximum atomic E-state index is 12.6. The topological polar surface area (TPSA) is 203 Å². The van der Waals surface area contributed by atoms with Gasteiger partial charge in [-0.15, -0.1) is 0 Å². The molecular weight excluding hydrogens is 948 g/mol. The molecule has 3 N–H and O–H groups in total. The zero-order valence-corrected chi connectivity index (χ0v) is 44.9. The van der Waals surface area contributed by atoms with Gasteiger partial charge in [0, 0.05) is 89.2 Å². The Kier molecular flexibility index (Phi) is 20.0. The second-order valence-corrected chi connectivity index (χ2v) is 20.5. The van der Waals surface area contributed by atoms with Gasteiger partial charge in [0.25, 0.3) is 0 Å². The lowest BCUT2D eigenvalue weighted by molar-refractivity contribution is -0.157. The lowest BCUT2D eigenvalue weighted by atomic mass is 9.99. The number of carbonyl (C=O) groups excluding carboxylic acids is 2. The molecule has 0 atom stereocenters. The Hall–Kier alpha value is -6.31. The largest absolute Gasteiger partial charge is 0.396 e. The summed E-state index contributed by atoms with van der Waals surface area (Å²) in [6, 6.07) is 16.2. The van der Waals surface area contributed by atoms with Gasteiger partial charge in [0.2, 0.25) is 23.0 Å². The minimum absolute atomic E-state index is 0.147. The number of anilines is 3. The first-order valence-electron chi connectivity index (χ1n) is 24.7. The fraction of sp³-hybridized carbons (Fsp3) is 0.481. The van der Waals surface area contributed by atoms with E-state index in [1.807, 2.05) is 80.4 Å². The summed E-state index contributed by atoms with van der Waals surface area (Å²) < 4.78 is 25.3. The highest BCUT2D eigenvalue weighted by Crippen LogP contribution is 2.26. The predicted octanol–water partition coefficient (Wildman–Crippen LogP) is 8.17. The number of likely N-dealkylation sites (tertiary alicyclic amines) is 2. The van der Waals surface area contributed by atoms with Gasteiger partial charge in [0.1, 0.15) is 0 Å². The molecule has 2 aliphatic heterocycles. The first-order valence-corrected chi connectivity index (χ1v) is 25.1. The maximum Gasteiger partial charge on any atom is 0.227 e. The molecule has 8 rings (SSSR count). The number of benzene rings is 2. The quantitative estimate of drug-likeness (QED) is 0.0781. The van der Waals surface area contributed by atoms with E-state index in [9.17, 15) is 9.59 Å². The van der Waals surface area contributed by atoms with Crippen molar-refractivity contribution in [1.29, 1.82) is 0 Å². The van der Waals surface area contributed by atoms with Gasteiger partial charge in [-0.1, -0.05) is 24.3 Å². The standard InChI is InChI=1S/C27H36N6O3.C21H26ClN3O2.C6H11N3O/c1-19-14-21(7-6-20(19)8-9-25(34)32-17-23(18-32)36-27(2,3)4)24-10-11-28-26(31-24)30-22-15-29-33(16-22)12-13-35-5;1-14-11-16(18-9-10-23-20(22)24-18)6-5-15(14)7-8-19(26)25-12-17(13-25)27-21(2,3)4;1-10-3-2-9-5-6(7)4-8-9/h6-7,10-11,14-16,23H,8-9,12-13,17-18H2,1-5H3,(H,28,30,31);5-6,9-11,17H,7-8,12-13H2,1-4H3;4-5H,2-3,7H2,1H3. The van der Waals surface area contributed by atoms with Crippen molar-refractivity contribution < 1.29 is 28.5 Å². The van der Waals surface area contributed by atoms with Crippen LogP contribution in [0.25, 0.3) is 22.5 Å². The number of aromatic nitrogens is 8. The van der Waals surface area contributed by atoms with Crippen LogP contribution in [0.15, 0.2) is 85.7 Å². The Morgan fingerprint density at radius 1 is 0.685 bits per heavy atom. The van der Waals surface area contributed by atoms with Crippen molar-refractivity contribution in [2.45, 2.75) is 118 Å². The zero-order chi connectivity index (χ0) is 52.7. The average Bonchev–Trinajstić information content (AvgIpc) is 3.96. The minimum atomic E-state index is -0.174. The van der Waals surface area contributed by atoms with E-state index in [4.69, 9.17) is 36.3 Å². The van der Waals surface area contributed by atoms with Crippen LogP contribution in [-0.2, 0) is 54.5 Å². The second kappa shape index (κ2) is 26.1. The van der Waals surface area contributed by atoms with Crippen molar-refractivity contribution >= 4 is 40.7 Å². The number of nitrogens with one attached hydrogen (secondary N) is 1. The summed E-state index contributed by atoms with van der Waals surface area (Å²) in [5.74, 6) is 0.883. The van der Waals surface area contributed by atoms with Crippen molar-refractivity contribution in [3.05, 3.63) is 113 Å². The molecule has 0 bridgehead atoms. The minimum Gasteiger partial charge on any atom is -0.396 e. The molecule has 6 aromatic rings. The van der Waals surface area contributed by atoms with Crippen LogP contribution in [0.3, 0.4) is 0 Å². The number of hydrogen-bond acceptors (Lipinski definition) is 14. The smallest absolute Gasteiger partial charge is 0.227 e. The molecule has 6 heterocycles. The van der Waals surface area contributed by atoms with E-state index in [1.54, 1.807) is 49.9 Å². The highest BCUT2D eigenvalue weighted by molar-refractivity contribution is 6.28. The number of aryl methyl sites for hydroxylation is 4. The summed E-state index contributed by atoms with van der Waals surface area (Å²) in [7, 11) is 3.33. The number of methoxy groups -OCH3 is 2. The summed E-state index contributed by atoms with van der Waals surface area (Å²) >= 11 is 5.87. The Balaban J connectivity index is 0.000000205. The molecule has 0 aliphatic carbocycles. The summed E-state index contributed by atoms with van der Waals surface area (Å²) in [6.07, 6.45) is 13.2. The van der Waals surface area contributed by atoms with Gasteiger partial charge in [-0.3, -0.25) is 19.0 Å². The molecule has 2 aliphatic rings. The van der Waals surface area contributed by atoms with Gasteiger partial charge in [-0.25, -0.2) is 19.9 Å².